The first kappa shape index (κ1) is 32.9. The van der Waals surface area contributed by atoms with Gasteiger partial charge in [0.25, 0.3) is 10.0 Å². The molecule has 0 radical (unpaired) electrons. The molecule has 2 amide bonds. The molecule has 1 heterocycles. The summed E-state index contributed by atoms with van der Waals surface area (Å²) in [5.41, 5.74) is 2.34. The molecule has 0 bridgehead atoms. The molecule has 1 aromatic heterocycles. The number of Topliss-reactive ketones (excluding diaryl/α,β-unsaturated/α-hetero) is 1. The first-order valence-electron chi connectivity index (χ1n) is 14.0. The van der Waals surface area contributed by atoms with Gasteiger partial charge in [0.05, 0.1) is 11.5 Å². The maximum Gasteiger partial charge on any atom is 0.328 e. The number of urea groups is 1. The quantitative estimate of drug-likeness (QED) is 0.103. The standard InChI is InChI=1S/C30H38N4O6S2/c1-5-8-13-26-32-29(41-4)28(24(35)19-27(36)40-7-3)34(26)20-21-14-16-22(17-15-21)23-11-9-10-12-25(23)42(38,39)33-30(37)31-18-6-2/h9-12,14-17H,5-8,13,18-20H2,1-4H3,(H2,31,33,37). The fourth-order valence-electron chi connectivity index (χ4n) is 4.37. The second-order valence-electron chi connectivity index (χ2n) is 9.54. The van der Waals surface area contributed by atoms with Crippen LogP contribution in [0.15, 0.2) is 58.5 Å². The van der Waals surface area contributed by atoms with E-state index in [1.165, 1.54) is 17.8 Å². The van der Waals surface area contributed by atoms with Gasteiger partial charge in [0.15, 0.2) is 5.78 Å². The zero-order valence-corrected chi connectivity index (χ0v) is 26.1. The van der Waals surface area contributed by atoms with Crippen molar-refractivity contribution in [3.05, 3.63) is 65.6 Å². The lowest BCUT2D eigenvalue weighted by atomic mass is 10.0. The number of nitrogens with one attached hydrogen (secondary N) is 2. The van der Waals surface area contributed by atoms with E-state index < -0.39 is 22.0 Å². The molecular formula is C30H38N4O6S2. The number of rotatable bonds is 15. The summed E-state index contributed by atoms with van der Waals surface area (Å²) in [6.45, 7) is 6.55. The van der Waals surface area contributed by atoms with Crippen molar-refractivity contribution < 1.29 is 27.5 Å². The van der Waals surface area contributed by atoms with Crippen LogP contribution in [0.1, 0.15) is 68.3 Å². The number of hydrogen-bond donors (Lipinski definition) is 2. The summed E-state index contributed by atoms with van der Waals surface area (Å²) >= 11 is 1.36. The van der Waals surface area contributed by atoms with Crippen molar-refractivity contribution in [3.8, 4) is 11.1 Å². The minimum absolute atomic E-state index is 0.0164. The van der Waals surface area contributed by atoms with Gasteiger partial charge in [0.1, 0.15) is 23.0 Å². The van der Waals surface area contributed by atoms with Crippen molar-refractivity contribution in [2.24, 2.45) is 0 Å². The molecule has 0 atom stereocenters. The van der Waals surface area contributed by atoms with Crippen LogP contribution in [0.5, 0.6) is 0 Å². The Bertz CT molecular complexity index is 1500. The molecule has 226 valence electrons. The molecule has 0 aliphatic rings. The van der Waals surface area contributed by atoms with Crippen LogP contribution >= 0.6 is 11.8 Å². The first-order chi connectivity index (χ1) is 20.1. The van der Waals surface area contributed by atoms with Crippen LogP contribution in [0, 0.1) is 0 Å². The lowest BCUT2D eigenvalue weighted by molar-refractivity contribution is -0.141. The molecule has 0 aliphatic carbocycles. The van der Waals surface area contributed by atoms with Crippen LogP contribution in [0.4, 0.5) is 4.79 Å². The van der Waals surface area contributed by atoms with E-state index in [1.807, 2.05) is 29.9 Å². The minimum Gasteiger partial charge on any atom is -0.466 e. The number of hydrogen-bond acceptors (Lipinski definition) is 8. The Morgan fingerprint density at radius 1 is 1.00 bits per heavy atom. The lowest BCUT2D eigenvalue weighted by Crippen LogP contribution is -2.39. The highest BCUT2D eigenvalue weighted by Crippen LogP contribution is 2.29. The van der Waals surface area contributed by atoms with Gasteiger partial charge in [-0.15, -0.1) is 11.8 Å². The normalized spacial score (nSPS) is 11.2. The zero-order chi connectivity index (χ0) is 30.7. The van der Waals surface area contributed by atoms with Gasteiger partial charge in [-0.2, -0.15) is 0 Å². The van der Waals surface area contributed by atoms with Crippen LogP contribution in [-0.4, -0.2) is 55.2 Å². The lowest BCUT2D eigenvalue weighted by Gasteiger charge is -2.14. The first-order valence-corrected chi connectivity index (χ1v) is 16.7. The van der Waals surface area contributed by atoms with Crippen LogP contribution in [0.2, 0.25) is 0 Å². The Kier molecular flexibility index (Phi) is 12.2. The van der Waals surface area contributed by atoms with Gasteiger partial charge in [-0.3, -0.25) is 9.59 Å². The van der Waals surface area contributed by atoms with Crippen LogP contribution in [-0.2, 0) is 32.5 Å². The van der Waals surface area contributed by atoms with Crippen molar-refractivity contribution in [1.82, 2.24) is 19.6 Å². The number of carbonyl (C=O) groups is 3. The smallest absolute Gasteiger partial charge is 0.328 e. The van der Waals surface area contributed by atoms with Crippen molar-refractivity contribution in [2.75, 3.05) is 19.4 Å². The van der Waals surface area contributed by atoms with Gasteiger partial charge in [-0.25, -0.2) is 22.9 Å². The predicted molar refractivity (Wildman–Crippen MR) is 163 cm³/mol. The molecular weight excluding hydrogens is 576 g/mol. The fourth-order valence-corrected chi connectivity index (χ4v) is 6.15. The number of ketones is 1. The summed E-state index contributed by atoms with van der Waals surface area (Å²) in [5, 5.41) is 3.08. The molecule has 10 nitrogen and oxygen atoms in total. The molecule has 42 heavy (non-hydrogen) atoms. The summed E-state index contributed by atoms with van der Waals surface area (Å²) in [4.78, 5) is 42.1. The number of aryl methyl sites for hydroxylation is 1. The molecule has 2 N–H and O–H groups in total. The van der Waals surface area contributed by atoms with E-state index in [4.69, 9.17) is 9.72 Å². The summed E-state index contributed by atoms with van der Waals surface area (Å²) in [6.07, 6.45) is 4.69. The molecule has 0 aliphatic heterocycles. The van der Waals surface area contributed by atoms with Crippen LogP contribution in [0.3, 0.4) is 0 Å². The molecule has 2 aromatic carbocycles. The number of sulfonamides is 1. The third-order valence-electron chi connectivity index (χ3n) is 6.38. The van der Waals surface area contributed by atoms with Gasteiger partial charge in [0.2, 0.25) is 0 Å². The minimum atomic E-state index is -4.12. The van der Waals surface area contributed by atoms with E-state index in [1.54, 1.807) is 37.3 Å². The van der Waals surface area contributed by atoms with E-state index >= 15 is 0 Å². The Labute approximate surface area is 251 Å². The van der Waals surface area contributed by atoms with Gasteiger partial charge >= 0.3 is 12.0 Å². The maximum absolute atomic E-state index is 13.2. The van der Waals surface area contributed by atoms with Crippen molar-refractivity contribution >= 4 is 39.6 Å². The van der Waals surface area contributed by atoms with Crippen molar-refractivity contribution in [2.45, 2.75) is 69.3 Å². The molecule has 3 rings (SSSR count). The number of amides is 2. The summed E-state index contributed by atoms with van der Waals surface area (Å²) in [6, 6.07) is 13.0. The van der Waals surface area contributed by atoms with E-state index in [2.05, 4.69) is 17.0 Å². The summed E-state index contributed by atoms with van der Waals surface area (Å²) < 4.78 is 35.0. The second-order valence-corrected chi connectivity index (χ2v) is 12.0. The monoisotopic (exact) mass is 614 g/mol. The SMILES string of the molecule is CCCCc1nc(SC)c(C(=O)CC(=O)OCC)n1Cc1ccc(-c2ccccc2S(=O)(=O)NC(=O)NCCC)cc1. The van der Waals surface area contributed by atoms with Crippen molar-refractivity contribution in [1.29, 1.82) is 0 Å². The van der Waals surface area contributed by atoms with E-state index in [-0.39, 0.29) is 23.7 Å². The number of nitrogens with zero attached hydrogens (tertiary/aromatic N) is 2. The summed E-state index contributed by atoms with van der Waals surface area (Å²) in [5.74, 6) is -0.159. The highest BCUT2D eigenvalue weighted by atomic mass is 32.2. The Morgan fingerprint density at radius 2 is 1.71 bits per heavy atom. The highest BCUT2D eigenvalue weighted by molar-refractivity contribution is 7.98. The molecule has 0 unspecified atom stereocenters. The van der Waals surface area contributed by atoms with Gasteiger partial charge in [0, 0.05) is 25.1 Å². The zero-order valence-electron chi connectivity index (χ0n) is 24.4. The number of benzene rings is 2. The van der Waals surface area contributed by atoms with Crippen LogP contribution in [0.25, 0.3) is 11.1 Å². The average Bonchev–Trinajstić information content (AvgIpc) is 3.32. The summed E-state index contributed by atoms with van der Waals surface area (Å²) in [7, 11) is -4.12. The molecule has 0 saturated heterocycles. The highest BCUT2D eigenvalue weighted by Gasteiger charge is 2.25. The van der Waals surface area contributed by atoms with Gasteiger partial charge in [-0.1, -0.05) is 62.7 Å². The topological polar surface area (TPSA) is 136 Å². The number of thioether (sulfide) groups is 1. The van der Waals surface area contributed by atoms with E-state index in [0.29, 0.717) is 47.8 Å². The maximum atomic E-state index is 13.2. The predicted octanol–water partition coefficient (Wildman–Crippen LogP) is 5.20. The van der Waals surface area contributed by atoms with E-state index in [9.17, 15) is 22.8 Å². The molecule has 3 aromatic rings. The number of esters is 1. The fraction of sp³-hybridized carbons (Fsp3) is 0.400. The number of aromatic nitrogens is 2. The molecule has 12 heteroatoms. The third kappa shape index (κ3) is 8.45. The van der Waals surface area contributed by atoms with Crippen molar-refractivity contribution in [3.63, 3.8) is 0 Å². The average molecular weight is 615 g/mol. The number of imidazole rings is 1. The Balaban J connectivity index is 1.94. The van der Waals surface area contributed by atoms with E-state index in [0.717, 1.165) is 24.2 Å². The number of ether oxygens (including phenoxy) is 1. The van der Waals surface area contributed by atoms with Gasteiger partial charge in [-0.05, 0) is 43.2 Å². The molecule has 0 saturated carbocycles. The molecule has 0 spiro atoms. The Morgan fingerprint density at radius 3 is 2.36 bits per heavy atom. The number of carbonyl (C=O) groups excluding carboxylic acids is 3. The largest absolute Gasteiger partial charge is 0.466 e. The van der Waals surface area contributed by atoms with Gasteiger partial charge < -0.3 is 14.6 Å². The second kappa shape index (κ2) is 15.5. The Hall–Kier alpha value is -3.64. The number of unbranched alkanes of at least 4 members (excludes halogenated alkanes) is 1. The van der Waals surface area contributed by atoms with Crippen LogP contribution < -0.4 is 10.0 Å². The molecule has 0 fully saturated rings. The third-order valence-corrected chi connectivity index (χ3v) is 8.44.